The van der Waals surface area contributed by atoms with Crippen molar-refractivity contribution < 1.29 is 0 Å². The van der Waals surface area contributed by atoms with Gasteiger partial charge in [0, 0.05) is 13.1 Å². The summed E-state index contributed by atoms with van der Waals surface area (Å²) in [5.74, 6) is 0. The average molecular weight is 436 g/mol. The first-order valence-corrected chi connectivity index (χ1v) is 11.4. The van der Waals surface area contributed by atoms with Gasteiger partial charge in [0.25, 0.3) is 0 Å². The molecule has 0 spiro atoms. The SMILES string of the molecule is C=C(C#N)C(CCC)=NC1C(N)N(CCCC)C2N=C(C#N)C(C#N)=NC2N1CCCC. The van der Waals surface area contributed by atoms with Crippen molar-refractivity contribution in [2.24, 2.45) is 20.7 Å². The number of unbranched alkanes of at least 4 members (excludes halogenated alkanes) is 2. The summed E-state index contributed by atoms with van der Waals surface area (Å²) in [5.41, 5.74) is 7.84. The lowest BCUT2D eigenvalue weighted by atomic mass is 10.0. The summed E-state index contributed by atoms with van der Waals surface area (Å²) in [5, 5.41) is 28.5. The fourth-order valence-corrected chi connectivity index (χ4v) is 4.01. The lowest BCUT2D eigenvalue weighted by molar-refractivity contribution is -0.0559. The third-order valence-corrected chi connectivity index (χ3v) is 5.73. The molecule has 9 nitrogen and oxygen atoms in total. The Bertz CT molecular complexity index is 896. The highest BCUT2D eigenvalue weighted by atomic mass is 15.5. The lowest BCUT2D eigenvalue weighted by Crippen LogP contribution is -2.71. The van der Waals surface area contributed by atoms with Gasteiger partial charge < -0.3 is 5.73 Å². The summed E-state index contributed by atoms with van der Waals surface area (Å²) < 4.78 is 0. The van der Waals surface area contributed by atoms with Crippen LogP contribution in [0.2, 0.25) is 0 Å². The van der Waals surface area contributed by atoms with E-state index < -0.39 is 24.7 Å². The van der Waals surface area contributed by atoms with E-state index in [-0.39, 0.29) is 11.4 Å². The summed E-state index contributed by atoms with van der Waals surface area (Å²) in [4.78, 5) is 18.3. The van der Waals surface area contributed by atoms with Gasteiger partial charge in [0.05, 0.1) is 17.5 Å². The second-order valence-corrected chi connectivity index (χ2v) is 8.01. The highest BCUT2D eigenvalue weighted by Crippen LogP contribution is 2.31. The normalized spacial score (nSPS) is 26.2. The number of nitrogens with zero attached hydrogens (tertiary/aromatic N) is 8. The number of piperazine rings is 1. The molecule has 0 aromatic carbocycles. The number of aliphatic imine (C=N–C) groups is 3. The Labute approximate surface area is 191 Å². The third-order valence-electron chi connectivity index (χ3n) is 5.73. The van der Waals surface area contributed by atoms with E-state index in [1.807, 2.05) is 24.0 Å². The first kappa shape index (κ1) is 25.4. The molecule has 0 aliphatic carbocycles. The molecule has 170 valence electrons. The summed E-state index contributed by atoms with van der Waals surface area (Å²) in [6.45, 7) is 11.4. The maximum atomic E-state index is 9.55. The quantitative estimate of drug-likeness (QED) is 0.413. The van der Waals surface area contributed by atoms with Gasteiger partial charge in [-0.1, -0.05) is 46.6 Å². The second kappa shape index (κ2) is 12.2. The van der Waals surface area contributed by atoms with Crippen molar-refractivity contribution in [2.75, 3.05) is 13.1 Å². The monoisotopic (exact) mass is 435 g/mol. The summed E-state index contributed by atoms with van der Waals surface area (Å²) in [7, 11) is 0. The number of hydrogen-bond acceptors (Lipinski definition) is 9. The van der Waals surface area contributed by atoms with E-state index in [9.17, 15) is 15.8 Å². The molecular formula is C23H33N9. The van der Waals surface area contributed by atoms with Gasteiger partial charge in [0.1, 0.15) is 36.7 Å². The Hall–Kier alpha value is -2.90. The molecule has 2 aliphatic heterocycles. The van der Waals surface area contributed by atoms with Crippen molar-refractivity contribution in [3.63, 3.8) is 0 Å². The molecule has 0 amide bonds. The first-order chi connectivity index (χ1) is 15.5. The van der Waals surface area contributed by atoms with Crippen LogP contribution in [0.4, 0.5) is 0 Å². The van der Waals surface area contributed by atoms with Crippen molar-refractivity contribution in [3.05, 3.63) is 12.2 Å². The van der Waals surface area contributed by atoms with Crippen LogP contribution in [0.25, 0.3) is 0 Å². The van der Waals surface area contributed by atoms with Crippen LogP contribution in [0.15, 0.2) is 27.1 Å². The number of nitrogens with two attached hydrogens (primary N) is 1. The fraction of sp³-hybridized carbons (Fsp3) is 0.652. The van der Waals surface area contributed by atoms with E-state index >= 15 is 0 Å². The number of allylic oxidation sites excluding steroid dienone is 1. The Morgan fingerprint density at radius 1 is 0.969 bits per heavy atom. The smallest absolute Gasteiger partial charge is 0.173 e. The number of nitriles is 3. The maximum Gasteiger partial charge on any atom is 0.173 e. The second-order valence-electron chi connectivity index (χ2n) is 8.01. The van der Waals surface area contributed by atoms with Crippen LogP contribution in [0.3, 0.4) is 0 Å². The molecule has 0 bridgehead atoms. The Balaban J connectivity index is 2.62. The highest BCUT2D eigenvalue weighted by Gasteiger charge is 2.48. The topological polar surface area (TPSA) is 141 Å². The molecule has 0 saturated carbocycles. The Kier molecular flexibility index (Phi) is 9.68. The fourth-order valence-electron chi connectivity index (χ4n) is 4.01. The molecule has 2 aliphatic rings. The lowest BCUT2D eigenvalue weighted by Gasteiger charge is -2.51. The number of fused-ring (bicyclic) bond motifs is 1. The van der Waals surface area contributed by atoms with Gasteiger partial charge in [0.2, 0.25) is 0 Å². The van der Waals surface area contributed by atoms with Gasteiger partial charge in [-0.25, -0.2) is 9.98 Å². The molecular weight excluding hydrogens is 402 g/mol. The minimum atomic E-state index is -0.500. The van der Waals surface area contributed by atoms with Gasteiger partial charge in [-0.15, -0.1) is 0 Å². The van der Waals surface area contributed by atoms with Crippen molar-refractivity contribution in [3.8, 4) is 18.2 Å². The molecule has 0 aromatic heterocycles. The van der Waals surface area contributed by atoms with E-state index in [4.69, 9.17) is 10.7 Å². The number of hydrogen-bond donors (Lipinski definition) is 1. The minimum absolute atomic E-state index is 0.0408. The molecule has 4 atom stereocenters. The summed E-state index contributed by atoms with van der Waals surface area (Å²) in [6.07, 6.45) is 3.30. The van der Waals surface area contributed by atoms with E-state index in [2.05, 4.69) is 41.4 Å². The summed E-state index contributed by atoms with van der Waals surface area (Å²) in [6, 6.07) is 6.14. The Morgan fingerprint density at radius 3 is 1.97 bits per heavy atom. The van der Waals surface area contributed by atoms with E-state index in [1.165, 1.54) is 0 Å². The van der Waals surface area contributed by atoms with E-state index in [0.717, 1.165) is 32.1 Å². The van der Waals surface area contributed by atoms with E-state index in [1.54, 1.807) is 0 Å². The molecule has 1 saturated heterocycles. The standard InChI is InChI=1S/C23H33N9/c1-5-8-11-31-20(27)21(28-17(10-7-3)16(4)13-24)32(12-9-6-2)23-22(31)29-18(14-25)19(15-26)30-23/h20-23H,4-12,27H2,1-3H3. The van der Waals surface area contributed by atoms with Crippen molar-refractivity contribution in [1.29, 1.82) is 15.8 Å². The van der Waals surface area contributed by atoms with Crippen LogP contribution in [-0.4, -0.2) is 64.7 Å². The van der Waals surface area contributed by atoms with Gasteiger partial charge in [-0.05, 0) is 19.3 Å². The molecule has 2 rings (SSSR count). The minimum Gasteiger partial charge on any atom is -0.313 e. The molecule has 4 unspecified atom stereocenters. The van der Waals surface area contributed by atoms with Crippen LogP contribution in [-0.2, 0) is 0 Å². The zero-order valence-electron chi connectivity index (χ0n) is 19.3. The predicted molar refractivity (Wildman–Crippen MR) is 126 cm³/mol. The predicted octanol–water partition coefficient (Wildman–Crippen LogP) is 2.73. The first-order valence-electron chi connectivity index (χ1n) is 11.4. The largest absolute Gasteiger partial charge is 0.313 e. The summed E-state index contributed by atoms with van der Waals surface area (Å²) >= 11 is 0. The molecule has 32 heavy (non-hydrogen) atoms. The van der Waals surface area contributed by atoms with Gasteiger partial charge in [-0.2, -0.15) is 15.8 Å². The van der Waals surface area contributed by atoms with Crippen molar-refractivity contribution in [2.45, 2.75) is 84.0 Å². The van der Waals surface area contributed by atoms with Crippen LogP contribution in [0.1, 0.15) is 59.3 Å². The zero-order chi connectivity index (χ0) is 23.7. The van der Waals surface area contributed by atoms with Gasteiger partial charge >= 0.3 is 0 Å². The van der Waals surface area contributed by atoms with Crippen molar-refractivity contribution in [1.82, 2.24) is 9.80 Å². The van der Waals surface area contributed by atoms with Gasteiger partial charge in [0.15, 0.2) is 11.4 Å². The zero-order valence-corrected chi connectivity index (χ0v) is 19.3. The van der Waals surface area contributed by atoms with Crippen LogP contribution < -0.4 is 5.73 Å². The van der Waals surface area contributed by atoms with Gasteiger partial charge in [-0.3, -0.25) is 14.8 Å². The molecule has 0 aromatic rings. The molecule has 0 radical (unpaired) electrons. The molecule has 9 heteroatoms. The van der Waals surface area contributed by atoms with E-state index in [0.29, 0.717) is 30.8 Å². The third kappa shape index (κ3) is 5.47. The molecule has 2 heterocycles. The van der Waals surface area contributed by atoms with Crippen LogP contribution in [0, 0.1) is 34.0 Å². The average Bonchev–Trinajstić information content (AvgIpc) is 2.81. The van der Waals surface area contributed by atoms with Crippen molar-refractivity contribution >= 4 is 17.1 Å². The maximum absolute atomic E-state index is 9.55. The number of rotatable bonds is 10. The van der Waals surface area contributed by atoms with Crippen LogP contribution >= 0.6 is 0 Å². The molecule has 1 fully saturated rings. The highest BCUT2D eigenvalue weighted by molar-refractivity contribution is 6.53. The molecule has 2 N–H and O–H groups in total. The Morgan fingerprint density at radius 2 is 1.50 bits per heavy atom. The van der Waals surface area contributed by atoms with Crippen LogP contribution in [0.5, 0.6) is 0 Å².